The summed E-state index contributed by atoms with van der Waals surface area (Å²) in [5, 5.41) is 8.75. The van der Waals surface area contributed by atoms with Gasteiger partial charge in [-0.25, -0.2) is 4.79 Å². The number of esters is 1. The Bertz CT molecular complexity index is 359. The van der Waals surface area contributed by atoms with E-state index < -0.39 is 5.97 Å². The van der Waals surface area contributed by atoms with Gasteiger partial charge in [0.25, 0.3) is 0 Å². The van der Waals surface area contributed by atoms with Crippen molar-refractivity contribution in [2.45, 2.75) is 13.5 Å². The number of aryl methyl sites for hydroxylation is 1. The van der Waals surface area contributed by atoms with Crippen LogP contribution >= 0.6 is 0 Å². The fourth-order valence-electron chi connectivity index (χ4n) is 1.45. The lowest BCUT2D eigenvalue weighted by molar-refractivity contribution is 0.0599. The van der Waals surface area contributed by atoms with E-state index in [9.17, 15) is 4.79 Å². The first-order valence-electron chi connectivity index (χ1n) is 5.05. The summed E-state index contributed by atoms with van der Waals surface area (Å²) in [6.07, 6.45) is 0. The lowest BCUT2D eigenvalue weighted by atomic mass is 10.2. The molecule has 0 aliphatic carbocycles. The fourth-order valence-corrected chi connectivity index (χ4v) is 1.45. The molecule has 0 amide bonds. The van der Waals surface area contributed by atoms with Crippen LogP contribution in [-0.2, 0) is 11.3 Å². The molecule has 1 heterocycles. The van der Waals surface area contributed by atoms with E-state index in [-0.39, 0.29) is 6.61 Å². The van der Waals surface area contributed by atoms with Crippen LogP contribution in [0.4, 0.5) is 0 Å². The maximum Gasteiger partial charge on any atom is 0.341 e. The molecule has 90 valence electrons. The molecule has 5 nitrogen and oxygen atoms in total. The quantitative estimate of drug-likeness (QED) is 0.754. The number of nitrogens with zero attached hydrogens (tertiary/aromatic N) is 1. The van der Waals surface area contributed by atoms with Gasteiger partial charge in [-0.15, -0.1) is 0 Å². The largest absolute Gasteiger partial charge is 0.465 e. The number of aliphatic hydroxyl groups is 1. The third-order valence-electron chi connectivity index (χ3n) is 2.28. The van der Waals surface area contributed by atoms with Gasteiger partial charge in [0.05, 0.1) is 20.3 Å². The molecule has 1 aromatic heterocycles. The van der Waals surface area contributed by atoms with Crippen molar-refractivity contribution in [3.8, 4) is 0 Å². The standard InChI is InChI=1S/C11H17NO4/c1-8-10(11(14)15-3)6-9(16-8)7-12(2)4-5-13/h6,13H,4-5,7H2,1-3H3. The molecular formula is C11H17NO4. The van der Waals surface area contributed by atoms with Crippen LogP contribution in [-0.4, -0.2) is 43.3 Å². The minimum Gasteiger partial charge on any atom is -0.465 e. The topological polar surface area (TPSA) is 62.9 Å². The minimum atomic E-state index is -0.391. The van der Waals surface area contributed by atoms with Crippen LogP contribution in [0.2, 0.25) is 0 Å². The summed E-state index contributed by atoms with van der Waals surface area (Å²) >= 11 is 0. The molecule has 0 fully saturated rings. The average Bonchev–Trinajstić information content (AvgIpc) is 2.58. The zero-order valence-corrected chi connectivity index (χ0v) is 9.82. The number of furan rings is 1. The number of aliphatic hydroxyl groups excluding tert-OH is 1. The number of hydrogen-bond acceptors (Lipinski definition) is 5. The van der Waals surface area contributed by atoms with Gasteiger partial charge < -0.3 is 14.3 Å². The molecule has 0 unspecified atom stereocenters. The number of carbonyl (C=O) groups is 1. The number of carbonyl (C=O) groups excluding carboxylic acids is 1. The Morgan fingerprint density at radius 1 is 1.62 bits per heavy atom. The molecule has 0 atom stereocenters. The van der Waals surface area contributed by atoms with E-state index in [1.807, 2.05) is 11.9 Å². The van der Waals surface area contributed by atoms with Gasteiger partial charge >= 0.3 is 5.97 Å². The normalized spacial score (nSPS) is 10.8. The molecule has 0 saturated carbocycles. The highest BCUT2D eigenvalue weighted by molar-refractivity contribution is 5.90. The van der Waals surface area contributed by atoms with Crippen molar-refractivity contribution in [2.24, 2.45) is 0 Å². The van der Waals surface area contributed by atoms with Crippen molar-refractivity contribution in [3.05, 3.63) is 23.2 Å². The van der Waals surface area contributed by atoms with Crippen LogP contribution in [0.15, 0.2) is 10.5 Å². The second kappa shape index (κ2) is 5.67. The second-order valence-corrected chi connectivity index (χ2v) is 3.64. The Balaban J connectivity index is 2.73. The van der Waals surface area contributed by atoms with E-state index in [1.165, 1.54) is 7.11 Å². The first-order valence-corrected chi connectivity index (χ1v) is 5.05. The van der Waals surface area contributed by atoms with Gasteiger partial charge in [0.2, 0.25) is 0 Å². The van der Waals surface area contributed by atoms with Crippen LogP contribution < -0.4 is 0 Å². The number of likely N-dealkylation sites (N-methyl/N-ethyl adjacent to an activating group) is 1. The highest BCUT2D eigenvalue weighted by Crippen LogP contribution is 2.16. The molecule has 0 aliphatic heterocycles. The molecule has 1 rings (SSSR count). The third-order valence-corrected chi connectivity index (χ3v) is 2.28. The number of ether oxygens (including phenoxy) is 1. The summed E-state index contributed by atoms with van der Waals surface area (Å²) in [5.74, 6) is 0.852. The van der Waals surface area contributed by atoms with E-state index in [0.717, 1.165) is 0 Å². The van der Waals surface area contributed by atoms with Gasteiger partial charge in [-0.1, -0.05) is 0 Å². The molecule has 1 N–H and O–H groups in total. The number of methoxy groups -OCH3 is 1. The lowest BCUT2D eigenvalue weighted by Gasteiger charge is -2.12. The molecule has 0 spiro atoms. The molecule has 0 saturated heterocycles. The summed E-state index contributed by atoms with van der Waals surface area (Å²) in [4.78, 5) is 13.2. The van der Waals surface area contributed by atoms with Crippen molar-refractivity contribution in [1.29, 1.82) is 0 Å². The summed E-state index contributed by atoms with van der Waals surface area (Å²) in [6, 6.07) is 1.68. The van der Waals surface area contributed by atoms with Crippen molar-refractivity contribution < 1.29 is 19.1 Å². The second-order valence-electron chi connectivity index (χ2n) is 3.64. The van der Waals surface area contributed by atoms with Crippen molar-refractivity contribution in [3.63, 3.8) is 0 Å². The SMILES string of the molecule is COC(=O)c1cc(CN(C)CCO)oc1C. The summed E-state index contributed by atoms with van der Waals surface area (Å²) < 4.78 is 10.1. The van der Waals surface area contributed by atoms with Crippen LogP contribution in [0, 0.1) is 6.92 Å². The highest BCUT2D eigenvalue weighted by Gasteiger charge is 2.15. The first-order chi connectivity index (χ1) is 7.58. The van der Waals surface area contributed by atoms with Crippen molar-refractivity contribution in [1.82, 2.24) is 4.90 Å². The average molecular weight is 227 g/mol. The Kier molecular flexibility index (Phi) is 4.52. The molecule has 0 radical (unpaired) electrons. The maximum atomic E-state index is 11.3. The van der Waals surface area contributed by atoms with Gasteiger partial charge in [0, 0.05) is 6.54 Å². The predicted octanol–water partition coefficient (Wildman–Crippen LogP) is 0.799. The van der Waals surface area contributed by atoms with E-state index in [0.29, 0.717) is 30.2 Å². The Morgan fingerprint density at radius 2 is 2.31 bits per heavy atom. The molecular weight excluding hydrogens is 210 g/mol. The number of rotatable bonds is 5. The van der Waals surface area contributed by atoms with E-state index in [4.69, 9.17) is 9.52 Å². The Hall–Kier alpha value is -1.33. The molecule has 0 aliphatic rings. The van der Waals surface area contributed by atoms with E-state index in [1.54, 1.807) is 13.0 Å². The molecule has 0 aromatic carbocycles. The zero-order valence-electron chi connectivity index (χ0n) is 9.82. The van der Waals surface area contributed by atoms with Crippen LogP contribution in [0.3, 0.4) is 0 Å². The molecule has 5 heteroatoms. The van der Waals surface area contributed by atoms with Crippen LogP contribution in [0.25, 0.3) is 0 Å². The third kappa shape index (κ3) is 3.08. The fraction of sp³-hybridized carbons (Fsp3) is 0.545. The van der Waals surface area contributed by atoms with Crippen LogP contribution in [0.5, 0.6) is 0 Å². The smallest absolute Gasteiger partial charge is 0.341 e. The Morgan fingerprint density at radius 3 is 2.88 bits per heavy atom. The zero-order chi connectivity index (χ0) is 12.1. The first kappa shape index (κ1) is 12.7. The summed E-state index contributed by atoms with van der Waals surface area (Å²) in [7, 11) is 3.21. The minimum absolute atomic E-state index is 0.0973. The lowest BCUT2D eigenvalue weighted by Crippen LogP contribution is -2.21. The van der Waals surface area contributed by atoms with Gasteiger partial charge in [0.1, 0.15) is 17.1 Å². The predicted molar refractivity (Wildman–Crippen MR) is 58.2 cm³/mol. The molecule has 0 bridgehead atoms. The Labute approximate surface area is 94.6 Å². The van der Waals surface area contributed by atoms with E-state index >= 15 is 0 Å². The monoisotopic (exact) mass is 227 g/mol. The summed E-state index contributed by atoms with van der Waals surface area (Å²) in [5.41, 5.74) is 0.454. The van der Waals surface area contributed by atoms with Gasteiger partial charge in [-0.05, 0) is 20.0 Å². The highest BCUT2D eigenvalue weighted by atomic mass is 16.5. The molecule has 16 heavy (non-hydrogen) atoms. The van der Waals surface area contributed by atoms with Crippen LogP contribution in [0.1, 0.15) is 21.9 Å². The van der Waals surface area contributed by atoms with Gasteiger partial charge in [0.15, 0.2) is 0 Å². The van der Waals surface area contributed by atoms with Crippen molar-refractivity contribution >= 4 is 5.97 Å². The van der Waals surface area contributed by atoms with Crippen molar-refractivity contribution in [2.75, 3.05) is 27.3 Å². The summed E-state index contributed by atoms with van der Waals surface area (Å²) in [6.45, 7) is 2.94. The van der Waals surface area contributed by atoms with Gasteiger partial charge in [-0.3, -0.25) is 4.90 Å². The number of hydrogen-bond donors (Lipinski definition) is 1. The van der Waals surface area contributed by atoms with E-state index in [2.05, 4.69) is 4.74 Å². The van der Waals surface area contributed by atoms with Gasteiger partial charge in [-0.2, -0.15) is 0 Å². The maximum absolute atomic E-state index is 11.3. The molecule has 1 aromatic rings.